The standard InChI is InChI=1S/C23H26N4O2/c1-4-26(5-2)20-9-10-21(16(3)11-20)27-15-18(13-22(27)28)23(29)25-19-8-6-7-17(12-19)14-24/h6-12,18H,4-5,13,15H2,1-3H3,(H,25,29). The first-order chi connectivity index (χ1) is 14.0. The summed E-state index contributed by atoms with van der Waals surface area (Å²) in [4.78, 5) is 29.2. The number of nitriles is 1. The highest BCUT2D eigenvalue weighted by atomic mass is 16.2. The second-order valence-corrected chi connectivity index (χ2v) is 7.23. The molecule has 1 fully saturated rings. The van der Waals surface area contributed by atoms with Crippen LogP contribution in [0.3, 0.4) is 0 Å². The highest BCUT2D eigenvalue weighted by Gasteiger charge is 2.35. The Bertz CT molecular complexity index is 960. The average molecular weight is 390 g/mol. The van der Waals surface area contributed by atoms with Crippen molar-refractivity contribution in [2.75, 3.05) is 34.8 Å². The lowest BCUT2D eigenvalue weighted by Crippen LogP contribution is -2.29. The summed E-state index contributed by atoms with van der Waals surface area (Å²) in [5.74, 6) is -0.668. The van der Waals surface area contributed by atoms with Gasteiger partial charge < -0.3 is 15.1 Å². The second kappa shape index (κ2) is 8.78. The number of amides is 2. The van der Waals surface area contributed by atoms with Crippen molar-refractivity contribution in [1.29, 1.82) is 5.26 Å². The Hall–Kier alpha value is -3.33. The van der Waals surface area contributed by atoms with Gasteiger partial charge in [-0.15, -0.1) is 0 Å². The summed E-state index contributed by atoms with van der Waals surface area (Å²) < 4.78 is 0. The third-order valence-corrected chi connectivity index (χ3v) is 5.35. The van der Waals surface area contributed by atoms with Crippen molar-refractivity contribution >= 4 is 28.9 Å². The van der Waals surface area contributed by atoms with Gasteiger partial charge in [-0.3, -0.25) is 9.59 Å². The van der Waals surface area contributed by atoms with Gasteiger partial charge in [0.25, 0.3) is 0 Å². The van der Waals surface area contributed by atoms with Crippen LogP contribution in [0.25, 0.3) is 0 Å². The predicted molar refractivity (Wildman–Crippen MR) is 115 cm³/mol. The summed E-state index contributed by atoms with van der Waals surface area (Å²) in [5.41, 5.74) is 4.06. The molecule has 2 aromatic carbocycles. The molecule has 6 heteroatoms. The average Bonchev–Trinajstić information content (AvgIpc) is 3.11. The Morgan fingerprint density at radius 2 is 2.00 bits per heavy atom. The highest BCUT2D eigenvalue weighted by Crippen LogP contribution is 2.31. The van der Waals surface area contributed by atoms with E-state index in [2.05, 4.69) is 36.2 Å². The van der Waals surface area contributed by atoms with Crippen LogP contribution in [-0.2, 0) is 9.59 Å². The molecule has 1 saturated heterocycles. The van der Waals surface area contributed by atoms with Crippen LogP contribution >= 0.6 is 0 Å². The van der Waals surface area contributed by atoms with E-state index in [0.717, 1.165) is 30.0 Å². The predicted octanol–water partition coefficient (Wildman–Crippen LogP) is 3.70. The summed E-state index contributed by atoms with van der Waals surface area (Å²) in [6.07, 6.45) is 0.182. The van der Waals surface area contributed by atoms with Crippen LogP contribution < -0.4 is 15.1 Å². The quantitative estimate of drug-likeness (QED) is 0.816. The van der Waals surface area contributed by atoms with Crippen LogP contribution in [0, 0.1) is 24.2 Å². The van der Waals surface area contributed by atoms with E-state index in [0.29, 0.717) is 17.8 Å². The summed E-state index contributed by atoms with van der Waals surface area (Å²) in [6.45, 7) is 8.43. The Morgan fingerprint density at radius 1 is 1.24 bits per heavy atom. The zero-order chi connectivity index (χ0) is 21.0. The van der Waals surface area contributed by atoms with Crippen LogP contribution in [0.2, 0.25) is 0 Å². The number of carbonyl (C=O) groups excluding carboxylic acids is 2. The van der Waals surface area contributed by atoms with E-state index < -0.39 is 5.92 Å². The number of hydrogen-bond acceptors (Lipinski definition) is 4. The fraction of sp³-hybridized carbons (Fsp3) is 0.348. The first-order valence-electron chi connectivity index (χ1n) is 9.93. The molecule has 1 unspecified atom stereocenters. The van der Waals surface area contributed by atoms with E-state index in [-0.39, 0.29) is 18.2 Å². The fourth-order valence-corrected chi connectivity index (χ4v) is 3.75. The number of carbonyl (C=O) groups is 2. The Morgan fingerprint density at radius 3 is 2.66 bits per heavy atom. The molecule has 2 amide bonds. The zero-order valence-corrected chi connectivity index (χ0v) is 17.1. The zero-order valence-electron chi connectivity index (χ0n) is 17.1. The summed E-state index contributed by atoms with van der Waals surface area (Å²) >= 11 is 0. The van der Waals surface area contributed by atoms with Gasteiger partial charge in [-0.2, -0.15) is 5.26 Å². The van der Waals surface area contributed by atoms with Gasteiger partial charge in [-0.25, -0.2) is 0 Å². The van der Waals surface area contributed by atoms with Gasteiger partial charge in [0.15, 0.2) is 0 Å². The summed E-state index contributed by atoms with van der Waals surface area (Å²) in [7, 11) is 0. The molecule has 1 aliphatic heterocycles. The molecule has 0 aromatic heterocycles. The Labute approximate surface area is 171 Å². The molecule has 1 N–H and O–H groups in total. The number of rotatable bonds is 6. The first-order valence-corrected chi connectivity index (χ1v) is 9.93. The minimum absolute atomic E-state index is 0.0467. The molecule has 1 atom stereocenters. The van der Waals surface area contributed by atoms with Crippen LogP contribution in [0.15, 0.2) is 42.5 Å². The van der Waals surface area contributed by atoms with E-state index in [1.54, 1.807) is 29.2 Å². The largest absolute Gasteiger partial charge is 0.372 e. The molecule has 0 aliphatic carbocycles. The molecule has 0 saturated carbocycles. The van der Waals surface area contributed by atoms with Crippen molar-refractivity contribution in [2.45, 2.75) is 27.2 Å². The minimum Gasteiger partial charge on any atom is -0.372 e. The smallest absolute Gasteiger partial charge is 0.229 e. The van der Waals surface area contributed by atoms with Crippen molar-refractivity contribution in [1.82, 2.24) is 0 Å². The molecular weight excluding hydrogens is 364 g/mol. The molecule has 2 aromatic rings. The van der Waals surface area contributed by atoms with Gasteiger partial charge in [-0.1, -0.05) is 6.07 Å². The van der Waals surface area contributed by atoms with Crippen molar-refractivity contribution in [3.8, 4) is 6.07 Å². The van der Waals surface area contributed by atoms with E-state index in [9.17, 15) is 9.59 Å². The van der Waals surface area contributed by atoms with Crippen molar-refractivity contribution in [3.05, 3.63) is 53.6 Å². The van der Waals surface area contributed by atoms with Gasteiger partial charge in [-0.05, 0) is 62.7 Å². The SMILES string of the molecule is CCN(CC)c1ccc(N2CC(C(=O)Nc3cccc(C#N)c3)CC2=O)c(C)c1. The molecule has 6 nitrogen and oxygen atoms in total. The minimum atomic E-state index is -0.421. The Balaban J connectivity index is 1.73. The lowest BCUT2D eigenvalue weighted by Gasteiger charge is -2.24. The maximum absolute atomic E-state index is 12.7. The summed E-state index contributed by atoms with van der Waals surface area (Å²) in [5, 5.41) is 11.8. The van der Waals surface area contributed by atoms with E-state index in [1.165, 1.54) is 0 Å². The van der Waals surface area contributed by atoms with Crippen molar-refractivity contribution < 1.29 is 9.59 Å². The molecule has 0 bridgehead atoms. The van der Waals surface area contributed by atoms with E-state index in [1.807, 2.05) is 19.1 Å². The van der Waals surface area contributed by atoms with Gasteiger partial charge in [0, 0.05) is 43.1 Å². The van der Waals surface area contributed by atoms with Crippen LogP contribution in [-0.4, -0.2) is 31.4 Å². The maximum atomic E-state index is 12.7. The molecule has 0 spiro atoms. The third kappa shape index (κ3) is 4.40. The molecular formula is C23H26N4O2. The van der Waals surface area contributed by atoms with E-state index >= 15 is 0 Å². The van der Waals surface area contributed by atoms with Gasteiger partial charge in [0.05, 0.1) is 17.6 Å². The number of nitrogens with one attached hydrogen (secondary N) is 1. The molecule has 0 radical (unpaired) electrons. The topological polar surface area (TPSA) is 76.4 Å². The lowest BCUT2D eigenvalue weighted by atomic mass is 10.1. The molecule has 150 valence electrons. The van der Waals surface area contributed by atoms with Crippen LogP contribution in [0.1, 0.15) is 31.4 Å². The second-order valence-electron chi connectivity index (χ2n) is 7.23. The van der Waals surface area contributed by atoms with Crippen LogP contribution in [0.4, 0.5) is 17.1 Å². The normalized spacial score (nSPS) is 15.9. The van der Waals surface area contributed by atoms with Crippen molar-refractivity contribution in [3.63, 3.8) is 0 Å². The monoisotopic (exact) mass is 390 g/mol. The molecule has 1 heterocycles. The number of nitrogens with zero attached hydrogens (tertiary/aromatic N) is 3. The molecule has 1 aliphatic rings. The molecule has 3 rings (SSSR count). The highest BCUT2D eigenvalue weighted by molar-refractivity contribution is 6.04. The fourth-order valence-electron chi connectivity index (χ4n) is 3.75. The number of benzene rings is 2. The van der Waals surface area contributed by atoms with E-state index in [4.69, 9.17) is 5.26 Å². The van der Waals surface area contributed by atoms with Gasteiger partial charge >= 0.3 is 0 Å². The lowest BCUT2D eigenvalue weighted by molar-refractivity contribution is -0.122. The third-order valence-electron chi connectivity index (χ3n) is 5.35. The van der Waals surface area contributed by atoms with Crippen molar-refractivity contribution in [2.24, 2.45) is 5.92 Å². The van der Waals surface area contributed by atoms with Crippen LogP contribution in [0.5, 0.6) is 0 Å². The maximum Gasteiger partial charge on any atom is 0.229 e. The first kappa shape index (κ1) is 20.4. The summed E-state index contributed by atoms with van der Waals surface area (Å²) in [6, 6.07) is 14.9. The number of hydrogen-bond donors (Lipinski definition) is 1. The van der Waals surface area contributed by atoms with Gasteiger partial charge in [0.1, 0.15) is 0 Å². The number of aryl methyl sites for hydroxylation is 1. The molecule has 29 heavy (non-hydrogen) atoms. The Kier molecular flexibility index (Phi) is 6.18. The van der Waals surface area contributed by atoms with Gasteiger partial charge in [0.2, 0.25) is 11.8 Å². The number of anilines is 3.